The number of ether oxygens (including phenoxy) is 1. The van der Waals surface area contributed by atoms with Gasteiger partial charge in [0, 0.05) is 32.4 Å². The molecule has 0 bridgehead atoms. The molecule has 1 fully saturated rings. The van der Waals surface area contributed by atoms with E-state index in [1.165, 1.54) is 0 Å². The molecule has 1 atom stereocenters. The average Bonchev–Trinajstić information content (AvgIpc) is 3.08. The molecule has 0 unspecified atom stereocenters. The van der Waals surface area contributed by atoms with E-state index >= 15 is 0 Å². The van der Waals surface area contributed by atoms with Crippen LogP contribution < -0.4 is 0 Å². The van der Waals surface area contributed by atoms with Crippen LogP contribution in [0.3, 0.4) is 0 Å². The van der Waals surface area contributed by atoms with E-state index in [1.54, 1.807) is 0 Å². The van der Waals surface area contributed by atoms with Crippen molar-refractivity contribution in [1.29, 1.82) is 0 Å². The zero-order valence-corrected chi connectivity index (χ0v) is 14.0. The summed E-state index contributed by atoms with van der Waals surface area (Å²) in [7, 11) is 0. The maximum Gasteiger partial charge on any atom is 0.227 e. The van der Waals surface area contributed by atoms with E-state index < -0.39 is 0 Å². The normalized spacial score (nSPS) is 17.9. The molecule has 2 aromatic rings. The number of carbonyl (C=O) groups excluding carboxylic acids is 1. The fraction of sp³-hybridized carbons (Fsp3) is 0.500. The summed E-state index contributed by atoms with van der Waals surface area (Å²) in [6.45, 7) is 4.04. The molecule has 2 heterocycles. The topological polar surface area (TPSA) is 68.5 Å². The van der Waals surface area contributed by atoms with E-state index in [4.69, 9.17) is 9.26 Å². The first kappa shape index (κ1) is 16.6. The summed E-state index contributed by atoms with van der Waals surface area (Å²) in [6, 6.07) is 10.0. The van der Waals surface area contributed by atoms with Gasteiger partial charge in [-0.05, 0) is 12.0 Å². The second kappa shape index (κ2) is 8.06. The smallest absolute Gasteiger partial charge is 0.227 e. The number of amides is 1. The van der Waals surface area contributed by atoms with Crippen molar-refractivity contribution in [2.45, 2.75) is 38.7 Å². The highest BCUT2D eigenvalue weighted by Crippen LogP contribution is 2.12. The summed E-state index contributed by atoms with van der Waals surface area (Å²) in [6.07, 6.45) is 2.59. The highest BCUT2D eigenvalue weighted by atomic mass is 16.5. The molecule has 24 heavy (non-hydrogen) atoms. The van der Waals surface area contributed by atoms with Crippen molar-refractivity contribution in [3.63, 3.8) is 0 Å². The van der Waals surface area contributed by atoms with Crippen LogP contribution in [0.4, 0.5) is 0 Å². The Kier molecular flexibility index (Phi) is 5.59. The van der Waals surface area contributed by atoms with Gasteiger partial charge in [0.25, 0.3) is 0 Å². The first-order chi connectivity index (χ1) is 11.7. The van der Waals surface area contributed by atoms with E-state index in [0.29, 0.717) is 50.7 Å². The molecular weight excluding hydrogens is 306 g/mol. The Bertz CT molecular complexity index is 657. The van der Waals surface area contributed by atoms with E-state index in [0.717, 1.165) is 12.0 Å². The lowest BCUT2D eigenvalue weighted by atomic mass is 10.1. The van der Waals surface area contributed by atoms with Crippen molar-refractivity contribution in [3.05, 3.63) is 47.6 Å². The van der Waals surface area contributed by atoms with Gasteiger partial charge in [-0.25, -0.2) is 0 Å². The van der Waals surface area contributed by atoms with Gasteiger partial charge in [-0.1, -0.05) is 42.4 Å². The standard InChI is InChI=1S/C18H23N3O3/c1-2-15-13-21(10-11-23-15)18(22)9-8-17-19-16(20-24-17)12-14-6-4-3-5-7-14/h3-7,15H,2,8-13H2,1H3/t15-/m1/s1. The van der Waals surface area contributed by atoms with Crippen LogP contribution in [-0.4, -0.2) is 46.7 Å². The molecule has 0 N–H and O–H groups in total. The minimum Gasteiger partial charge on any atom is -0.375 e. The summed E-state index contributed by atoms with van der Waals surface area (Å²) in [5, 5.41) is 4.00. The van der Waals surface area contributed by atoms with Crippen molar-refractivity contribution in [3.8, 4) is 0 Å². The van der Waals surface area contributed by atoms with Gasteiger partial charge in [0.15, 0.2) is 5.82 Å². The van der Waals surface area contributed by atoms with Crippen LogP contribution in [0.15, 0.2) is 34.9 Å². The number of aryl methyl sites for hydroxylation is 1. The summed E-state index contributed by atoms with van der Waals surface area (Å²) in [5.74, 6) is 1.30. The minimum atomic E-state index is 0.125. The largest absolute Gasteiger partial charge is 0.375 e. The number of benzene rings is 1. The first-order valence-electron chi connectivity index (χ1n) is 8.49. The van der Waals surface area contributed by atoms with Gasteiger partial charge in [0.05, 0.1) is 12.7 Å². The molecule has 0 aliphatic carbocycles. The van der Waals surface area contributed by atoms with Crippen LogP contribution in [0.1, 0.15) is 37.0 Å². The molecule has 1 saturated heterocycles. The summed E-state index contributed by atoms with van der Waals surface area (Å²) in [4.78, 5) is 18.6. The van der Waals surface area contributed by atoms with Crippen LogP contribution in [0.25, 0.3) is 0 Å². The molecule has 0 spiro atoms. The van der Waals surface area contributed by atoms with Gasteiger partial charge in [-0.3, -0.25) is 4.79 Å². The summed E-state index contributed by atoms with van der Waals surface area (Å²) >= 11 is 0. The Morgan fingerprint density at radius 2 is 2.17 bits per heavy atom. The van der Waals surface area contributed by atoms with E-state index in [1.807, 2.05) is 35.2 Å². The Hall–Kier alpha value is -2.21. The van der Waals surface area contributed by atoms with E-state index in [-0.39, 0.29) is 12.0 Å². The Labute approximate surface area is 141 Å². The van der Waals surface area contributed by atoms with Crippen LogP contribution in [-0.2, 0) is 22.4 Å². The number of morpholine rings is 1. The molecule has 6 heteroatoms. The van der Waals surface area contributed by atoms with E-state index in [2.05, 4.69) is 17.1 Å². The fourth-order valence-electron chi connectivity index (χ4n) is 2.81. The predicted molar refractivity (Wildman–Crippen MR) is 88.5 cm³/mol. The lowest BCUT2D eigenvalue weighted by Gasteiger charge is -2.32. The first-order valence-corrected chi connectivity index (χ1v) is 8.49. The maximum absolute atomic E-state index is 12.3. The fourth-order valence-corrected chi connectivity index (χ4v) is 2.81. The van der Waals surface area contributed by atoms with Crippen LogP contribution in [0.2, 0.25) is 0 Å². The van der Waals surface area contributed by atoms with Gasteiger partial charge in [0.1, 0.15) is 0 Å². The minimum absolute atomic E-state index is 0.125. The third-order valence-corrected chi connectivity index (χ3v) is 4.21. The maximum atomic E-state index is 12.3. The zero-order chi connectivity index (χ0) is 16.8. The Morgan fingerprint density at radius 1 is 1.33 bits per heavy atom. The number of aromatic nitrogens is 2. The van der Waals surface area contributed by atoms with Crippen LogP contribution in [0, 0.1) is 0 Å². The van der Waals surface area contributed by atoms with Gasteiger partial charge < -0.3 is 14.2 Å². The molecule has 0 radical (unpaired) electrons. The number of hydrogen-bond donors (Lipinski definition) is 0. The van der Waals surface area contributed by atoms with Gasteiger partial charge in [0.2, 0.25) is 11.8 Å². The molecule has 3 rings (SSSR count). The van der Waals surface area contributed by atoms with Gasteiger partial charge >= 0.3 is 0 Å². The van der Waals surface area contributed by atoms with Crippen molar-refractivity contribution >= 4 is 5.91 Å². The van der Waals surface area contributed by atoms with Gasteiger partial charge in [-0.2, -0.15) is 4.98 Å². The van der Waals surface area contributed by atoms with Crippen molar-refractivity contribution in [2.24, 2.45) is 0 Å². The quantitative estimate of drug-likeness (QED) is 0.813. The molecular formula is C18H23N3O3. The molecule has 6 nitrogen and oxygen atoms in total. The SMILES string of the molecule is CC[C@@H]1CN(C(=O)CCc2nc(Cc3ccccc3)no2)CCO1. The third kappa shape index (κ3) is 4.41. The zero-order valence-electron chi connectivity index (χ0n) is 14.0. The second-order valence-corrected chi connectivity index (χ2v) is 6.01. The lowest BCUT2D eigenvalue weighted by molar-refractivity contribution is -0.138. The van der Waals surface area contributed by atoms with Crippen LogP contribution in [0.5, 0.6) is 0 Å². The number of rotatable bonds is 6. The second-order valence-electron chi connectivity index (χ2n) is 6.01. The van der Waals surface area contributed by atoms with Crippen molar-refractivity contribution in [2.75, 3.05) is 19.7 Å². The van der Waals surface area contributed by atoms with E-state index in [9.17, 15) is 4.79 Å². The molecule has 0 saturated carbocycles. The number of nitrogens with zero attached hydrogens (tertiary/aromatic N) is 3. The molecule has 1 aliphatic heterocycles. The Balaban J connectivity index is 1.49. The van der Waals surface area contributed by atoms with Crippen molar-refractivity contribution in [1.82, 2.24) is 15.0 Å². The average molecular weight is 329 g/mol. The summed E-state index contributed by atoms with van der Waals surface area (Å²) in [5.41, 5.74) is 1.14. The van der Waals surface area contributed by atoms with Gasteiger partial charge in [-0.15, -0.1) is 0 Å². The van der Waals surface area contributed by atoms with Crippen LogP contribution >= 0.6 is 0 Å². The third-order valence-electron chi connectivity index (χ3n) is 4.21. The molecule has 1 aromatic heterocycles. The number of hydrogen-bond acceptors (Lipinski definition) is 5. The summed E-state index contributed by atoms with van der Waals surface area (Å²) < 4.78 is 10.9. The highest BCUT2D eigenvalue weighted by molar-refractivity contribution is 5.76. The highest BCUT2D eigenvalue weighted by Gasteiger charge is 2.23. The van der Waals surface area contributed by atoms with Crippen molar-refractivity contribution < 1.29 is 14.1 Å². The molecule has 1 amide bonds. The lowest BCUT2D eigenvalue weighted by Crippen LogP contribution is -2.45. The molecule has 128 valence electrons. The molecule has 1 aliphatic rings. The Morgan fingerprint density at radius 3 is 2.96 bits per heavy atom. The monoisotopic (exact) mass is 329 g/mol. The predicted octanol–water partition coefficient (Wildman–Crippen LogP) is 2.23. The molecule has 1 aromatic carbocycles. The number of carbonyl (C=O) groups is 1.